The minimum absolute atomic E-state index is 0.0526. The fraction of sp³-hybridized carbons (Fsp3) is 0.364. The van der Waals surface area contributed by atoms with Crippen LogP contribution in [-0.4, -0.2) is 35.2 Å². The van der Waals surface area contributed by atoms with Crippen LogP contribution in [0.5, 0.6) is 0 Å². The monoisotopic (exact) mass is 475 g/mol. The highest BCUT2D eigenvalue weighted by atomic mass is 79.9. The quantitative estimate of drug-likeness (QED) is 0.523. The lowest BCUT2D eigenvalue weighted by Gasteiger charge is -2.21. The summed E-state index contributed by atoms with van der Waals surface area (Å²) in [7, 11) is 0. The predicted octanol–water partition coefficient (Wildman–Crippen LogP) is 5.98. The van der Waals surface area contributed by atoms with Crippen LogP contribution in [0.1, 0.15) is 32.6 Å². The van der Waals surface area contributed by atoms with Gasteiger partial charge in [-0.15, -0.1) is 11.8 Å². The highest BCUT2D eigenvalue weighted by Gasteiger charge is 2.16. The van der Waals surface area contributed by atoms with E-state index < -0.39 is 0 Å². The van der Waals surface area contributed by atoms with Gasteiger partial charge in [-0.05, 0) is 68.3 Å². The van der Waals surface area contributed by atoms with E-state index in [2.05, 4.69) is 26.6 Å². The molecular weight excluding hydrogens is 450 g/mol. The number of anilines is 2. The van der Waals surface area contributed by atoms with Gasteiger partial charge in [-0.1, -0.05) is 28.8 Å². The van der Waals surface area contributed by atoms with E-state index in [9.17, 15) is 9.59 Å². The first-order valence-corrected chi connectivity index (χ1v) is 11.6. The number of nitrogens with zero attached hydrogens (tertiary/aromatic N) is 1. The van der Waals surface area contributed by atoms with Crippen molar-refractivity contribution in [3.63, 3.8) is 0 Å². The van der Waals surface area contributed by atoms with Gasteiger partial charge in [0.2, 0.25) is 5.91 Å². The third kappa shape index (κ3) is 6.78. The zero-order chi connectivity index (χ0) is 20.6. The minimum atomic E-state index is -0.224. The molecule has 3 rings (SSSR count). The average Bonchev–Trinajstić information content (AvgIpc) is 3.01. The Morgan fingerprint density at radius 3 is 2.03 bits per heavy atom. The second-order valence-electron chi connectivity index (χ2n) is 7.11. The molecule has 0 aliphatic carbocycles. The van der Waals surface area contributed by atoms with Gasteiger partial charge in [0, 0.05) is 33.8 Å². The molecule has 1 unspecified atom stereocenters. The SMILES string of the molecule is CC(Sc1ccc(Br)cc1)C(=O)Nc1ccc(NC(=O)N2CCCCCC2)cc1. The highest BCUT2D eigenvalue weighted by Crippen LogP contribution is 2.26. The first-order valence-electron chi connectivity index (χ1n) is 9.90. The van der Waals surface area contributed by atoms with E-state index in [-0.39, 0.29) is 17.2 Å². The van der Waals surface area contributed by atoms with E-state index in [1.54, 1.807) is 0 Å². The van der Waals surface area contributed by atoms with Crippen LogP contribution in [0.2, 0.25) is 0 Å². The topological polar surface area (TPSA) is 61.4 Å². The van der Waals surface area contributed by atoms with Crippen molar-refractivity contribution in [1.29, 1.82) is 0 Å². The van der Waals surface area contributed by atoms with Crippen molar-refractivity contribution in [3.8, 4) is 0 Å². The van der Waals surface area contributed by atoms with Gasteiger partial charge in [0.25, 0.3) is 0 Å². The Bertz CT molecular complexity index is 819. The van der Waals surface area contributed by atoms with Gasteiger partial charge >= 0.3 is 6.03 Å². The summed E-state index contributed by atoms with van der Waals surface area (Å²) in [6, 6.07) is 15.1. The van der Waals surface area contributed by atoms with Crippen LogP contribution >= 0.6 is 27.7 Å². The number of rotatable bonds is 5. The summed E-state index contributed by atoms with van der Waals surface area (Å²) in [5, 5.41) is 5.66. The molecule has 5 nitrogen and oxygen atoms in total. The molecule has 1 aliphatic rings. The summed E-state index contributed by atoms with van der Waals surface area (Å²) in [5.41, 5.74) is 1.44. The van der Waals surface area contributed by atoms with Crippen molar-refractivity contribution >= 4 is 51.0 Å². The molecule has 1 saturated heterocycles. The average molecular weight is 476 g/mol. The van der Waals surface area contributed by atoms with Crippen LogP contribution in [-0.2, 0) is 4.79 Å². The Morgan fingerprint density at radius 2 is 1.45 bits per heavy atom. The predicted molar refractivity (Wildman–Crippen MR) is 124 cm³/mol. The first kappa shape index (κ1) is 21.7. The standard InChI is InChI=1S/C22H26BrN3O2S/c1-16(29-20-12-6-17(23)7-13-20)21(27)24-18-8-10-19(11-9-18)25-22(28)26-14-4-2-3-5-15-26/h6-13,16H,2-5,14-15H2,1H3,(H,24,27)(H,25,28). The van der Waals surface area contributed by atoms with Crippen LogP contribution in [0.3, 0.4) is 0 Å². The van der Waals surface area contributed by atoms with Crippen molar-refractivity contribution in [2.45, 2.75) is 42.8 Å². The molecule has 0 radical (unpaired) electrons. The third-order valence-electron chi connectivity index (χ3n) is 4.79. The summed E-state index contributed by atoms with van der Waals surface area (Å²) in [5.74, 6) is -0.0562. The van der Waals surface area contributed by atoms with Crippen molar-refractivity contribution in [2.24, 2.45) is 0 Å². The van der Waals surface area contributed by atoms with E-state index in [0.29, 0.717) is 5.69 Å². The number of benzene rings is 2. The number of urea groups is 1. The summed E-state index contributed by atoms with van der Waals surface area (Å²) >= 11 is 4.93. The van der Waals surface area contributed by atoms with Crippen LogP contribution in [0, 0.1) is 0 Å². The number of thioether (sulfide) groups is 1. The number of carbonyl (C=O) groups excluding carboxylic acids is 2. The van der Waals surface area contributed by atoms with E-state index in [4.69, 9.17) is 0 Å². The van der Waals surface area contributed by atoms with Gasteiger partial charge in [-0.25, -0.2) is 4.79 Å². The van der Waals surface area contributed by atoms with Gasteiger partial charge in [-0.3, -0.25) is 4.79 Å². The molecule has 0 aromatic heterocycles. The fourth-order valence-corrected chi connectivity index (χ4v) is 4.26. The first-order chi connectivity index (χ1) is 14.0. The number of carbonyl (C=O) groups is 2. The molecule has 0 spiro atoms. The van der Waals surface area contributed by atoms with Crippen LogP contribution in [0.15, 0.2) is 57.9 Å². The molecule has 0 bridgehead atoms. The highest BCUT2D eigenvalue weighted by molar-refractivity contribution is 9.10. The molecule has 3 amide bonds. The van der Waals surface area contributed by atoms with Crippen molar-refractivity contribution in [1.82, 2.24) is 4.90 Å². The van der Waals surface area contributed by atoms with Gasteiger partial charge < -0.3 is 15.5 Å². The summed E-state index contributed by atoms with van der Waals surface area (Å²) in [6.45, 7) is 3.51. The number of halogens is 1. The third-order valence-corrected chi connectivity index (χ3v) is 6.43. The number of likely N-dealkylation sites (tertiary alicyclic amines) is 1. The molecular formula is C22H26BrN3O2S. The molecule has 2 aromatic rings. The second kappa shape index (κ2) is 10.7. The van der Waals surface area contributed by atoms with E-state index >= 15 is 0 Å². The maximum absolute atomic E-state index is 12.5. The molecule has 2 aromatic carbocycles. The van der Waals surface area contributed by atoms with E-state index in [1.807, 2.05) is 60.4 Å². The van der Waals surface area contributed by atoms with Crippen molar-refractivity contribution in [2.75, 3.05) is 23.7 Å². The number of hydrogen-bond donors (Lipinski definition) is 2. The largest absolute Gasteiger partial charge is 0.325 e. The molecule has 1 heterocycles. The van der Waals surface area contributed by atoms with Crippen molar-refractivity contribution in [3.05, 3.63) is 53.0 Å². The second-order valence-corrected chi connectivity index (χ2v) is 9.44. The normalized spacial score (nSPS) is 15.3. The summed E-state index contributed by atoms with van der Waals surface area (Å²) in [6.07, 6.45) is 4.51. The van der Waals surface area contributed by atoms with E-state index in [1.165, 1.54) is 24.6 Å². The molecule has 1 aliphatic heterocycles. The Labute approximate surface area is 184 Å². The van der Waals surface area contributed by atoms with Crippen LogP contribution in [0.4, 0.5) is 16.2 Å². The molecule has 29 heavy (non-hydrogen) atoms. The molecule has 1 atom stereocenters. The Morgan fingerprint density at radius 1 is 0.897 bits per heavy atom. The Kier molecular flexibility index (Phi) is 8.00. The molecule has 0 saturated carbocycles. The Balaban J connectivity index is 1.50. The van der Waals surface area contributed by atoms with Crippen LogP contribution < -0.4 is 10.6 Å². The lowest BCUT2D eigenvalue weighted by molar-refractivity contribution is -0.115. The lowest BCUT2D eigenvalue weighted by Crippen LogP contribution is -2.35. The summed E-state index contributed by atoms with van der Waals surface area (Å²) in [4.78, 5) is 27.8. The molecule has 154 valence electrons. The molecule has 7 heteroatoms. The smallest absolute Gasteiger partial charge is 0.321 e. The fourth-order valence-electron chi connectivity index (χ4n) is 3.13. The number of nitrogens with one attached hydrogen (secondary N) is 2. The summed E-state index contributed by atoms with van der Waals surface area (Å²) < 4.78 is 1.02. The van der Waals surface area contributed by atoms with Crippen LogP contribution in [0.25, 0.3) is 0 Å². The number of hydrogen-bond acceptors (Lipinski definition) is 3. The Hall–Kier alpha value is -1.99. The lowest BCUT2D eigenvalue weighted by atomic mass is 10.2. The van der Waals surface area contributed by atoms with Gasteiger partial charge in [0.1, 0.15) is 0 Å². The minimum Gasteiger partial charge on any atom is -0.325 e. The van der Waals surface area contributed by atoms with Crippen molar-refractivity contribution < 1.29 is 9.59 Å². The molecule has 1 fully saturated rings. The maximum Gasteiger partial charge on any atom is 0.321 e. The molecule has 2 N–H and O–H groups in total. The maximum atomic E-state index is 12.5. The van der Waals surface area contributed by atoms with Gasteiger partial charge in [-0.2, -0.15) is 0 Å². The van der Waals surface area contributed by atoms with E-state index in [0.717, 1.165) is 41.0 Å². The van der Waals surface area contributed by atoms with Gasteiger partial charge in [0.15, 0.2) is 0 Å². The zero-order valence-corrected chi connectivity index (χ0v) is 18.9. The zero-order valence-electron chi connectivity index (χ0n) is 16.5. The number of amides is 3. The van der Waals surface area contributed by atoms with Gasteiger partial charge in [0.05, 0.1) is 5.25 Å².